The summed E-state index contributed by atoms with van der Waals surface area (Å²) in [6.45, 7) is 6.41. The molecule has 2 amide bonds. The minimum atomic E-state index is -1.52. The lowest BCUT2D eigenvalue weighted by molar-refractivity contribution is -0.137. The summed E-state index contributed by atoms with van der Waals surface area (Å²) in [5.41, 5.74) is 0.745. The number of benzene rings is 3. The van der Waals surface area contributed by atoms with Gasteiger partial charge in [-0.15, -0.1) is 0 Å². The minimum absolute atomic E-state index is 0.216. The lowest BCUT2D eigenvalue weighted by Gasteiger charge is -2.43. The number of nitrogens with zero attached hydrogens (tertiary/aromatic N) is 1. The van der Waals surface area contributed by atoms with E-state index in [-0.39, 0.29) is 30.2 Å². The number of carbonyl (C=O) groups excluding carboxylic acids is 3. The molecule has 0 aromatic heterocycles. The molecule has 4 aliphatic rings. The number of hydrogen-bond acceptors (Lipinski definition) is 5. The van der Waals surface area contributed by atoms with Gasteiger partial charge in [0.2, 0.25) is 5.91 Å². The monoisotopic (exact) mass is 553 g/mol. The molecule has 4 heterocycles. The third-order valence-electron chi connectivity index (χ3n) is 9.26. The molecule has 4 atom stereocenters. The Balaban J connectivity index is 1.56. The number of nitrogens with one attached hydrogen (secondary N) is 2. The number of anilines is 2. The van der Waals surface area contributed by atoms with Crippen LogP contribution in [-0.2, 0) is 20.5 Å². The average molecular weight is 554 g/mol. The summed E-state index contributed by atoms with van der Waals surface area (Å²) in [5, 5.41) is 6.69. The van der Waals surface area contributed by atoms with Gasteiger partial charge in [-0.1, -0.05) is 60.7 Å². The number of para-hydroxylation sites is 2. The van der Waals surface area contributed by atoms with Gasteiger partial charge in [-0.25, -0.2) is 0 Å². The van der Waals surface area contributed by atoms with Gasteiger partial charge >= 0.3 is 0 Å². The highest BCUT2D eigenvalue weighted by atomic mass is 35.5. The summed E-state index contributed by atoms with van der Waals surface area (Å²) in [5.74, 6) is -1.29. The van der Waals surface area contributed by atoms with Crippen LogP contribution < -0.4 is 15.4 Å². The first-order valence-corrected chi connectivity index (χ1v) is 13.9. The van der Waals surface area contributed by atoms with E-state index < -0.39 is 16.9 Å². The van der Waals surface area contributed by atoms with Crippen LogP contribution in [-0.4, -0.2) is 41.7 Å². The molecule has 3 aromatic rings. The summed E-state index contributed by atoms with van der Waals surface area (Å²) >= 11 is 6.51. The fraction of sp³-hybridized carbons (Fsp3) is 0.281. The van der Waals surface area contributed by atoms with Crippen LogP contribution in [0, 0.1) is 12.8 Å². The molecule has 0 aliphatic carbocycles. The fourth-order valence-electron chi connectivity index (χ4n) is 7.88. The number of Topliss-reactive ketones (excluding diaryl/α,β-unsaturated/α-hetero) is 1. The molecule has 3 aromatic carbocycles. The number of amides is 2. The van der Waals surface area contributed by atoms with Crippen molar-refractivity contribution in [2.45, 2.75) is 36.8 Å². The highest BCUT2D eigenvalue weighted by Gasteiger charge is 2.81. The van der Waals surface area contributed by atoms with Crippen molar-refractivity contribution in [3.8, 4) is 5.75 Å². The zero-order chi connectivity index (χ0) is 27.8. The topological polar surface area (TPSA) is 87.7 Å². The Labute approximate surface area is 237 Å². The largest absolute Gasteiger partial charge is 0.489 e. The molecule has 4 aliphatic heterocycles. The second kappa shape index (κ2) is 8.78. The molecule has 0 radical (unpaired) electrons. The van der Waals surface area contributed by atoms with E-state index in [0.717, 1.165) is 12.0 Å². The molecular weight excluding hydrogens is 526 g/mol. The molecule has 7 nitrogen and oxygen atoms in total. The van der Waals surface area contributed by atoms with Crippen molar-refractivity contribution in [2.24, 2.45) is 5.92 Å². The predicted molar refractivity (Wildman–Crippen MR) is 153 cm³/mol. The van der Waals surface area contributed by atoms with Crippen LogP contribution in [0.5, 0.6) is 5.75 Å². The molecule has 0 bridgehead atoms. The predicted octanol–water partition coefficient (Wildman–Crippen LogP) is 5.23. The molecule has 202 valence electrons. The second-order valence-electron chi connectivity index (χ2n) is 10.9. The van der Waals surface area contributed by atoms with E-state index in [0.29, 0.717) is 51.8 Å². The van der Waals surface area contributed by atoms with E-state index in [1.807, 2.05) is 43.3 Å². The summed E-state index contributed by atoms with van der Waals surface area (Å²) in [7, 11) is 0. The van der Waals surface area contributed by atoms with Crippen molar-refractivity contribution in [3.63, 3.8) is 0 Å². The van der Waals surface area contributed by atoms with E-state index in [9.17, 15) is 14.4 Å². The molecule has 2 N–H and O–H groups in total. The smallest absolute Gasteiger partial charge is 0.251 e. The number of carbonyl (C=O) groups is 3. The van der Waals surface area contributed by atoms with Gasteiger partial charge in [0.15, 0.2) is 5.78 Å². The Morgan fingerprint density at radius 2 is 1.85 bits per heavy atom. The number of ether oxygens (including phenoxy) is 1. The van der Waals surface area contributed by atoms with Crippen molar-refractivity contribution in [1.82, 2.24) is 4.90 Å². The normalized spacial score (nSPS) is 27.9. The van der Waals surface area contributed by atoms with Crippen molar-refractivity contribution < 1.29 is 19.1 Å². The van der Waals surface area contributed by atoms with Gasteiger partial charge in [-0.3, -0.25) is 19.3 Å². The quantitative estimate of drug-likeness (QED) is 0.334. The first-order valence-electron chi connectivity index (χ1n) is 13.5. The number of hydrogen-bond donors (Lipinski definition) is 2. The Bertz CT molecular complexity index is 1640. The minimum Gasteiger partial charge on any atom is -0.489 e. The Kier molecular flexibility index (Phi) is 5.50. The molecule has 8 heteroatoms. The van der Waals surface area contributed by atoms with Gasteiger partial charge in [-0.2, -0.15) is 0 Å². The molecule has 2 fully saturated rings. The van der Waals surface area contributed by atoms with E-state index in [1.165, 1.54) is 0 Å². The SMILES string of the molecule is C=CCOc1ccccc1C(=O)[C@@H]1[C@H]2CCCN2[C@]2(C(=O)Nc3c2ccc(Cl)c3C)[C@@]12C(=O)Nc1ccccc12. The van der Waals surface area contributed by atoms with Gasteiger partial charge < -0.3 is 15.4 Å². The third-order valence-corrected chi connectivity index (χ3v) is 9.67. The summed E-state index contributed by atoms with van der Waals surface area (Å²) in [4.78, 5) is 46.2. The summed E-state index contributed by atoms with van der Waals surface area (Å²) in [6, 6.07) is 17.8. The summed E-state index contributed by atoms with van der Waals surface area (Å²) in [6.07, 6.45) is 3.11. The van der Waals surface area contributed by atoms with Crippen LogP contribution in [0.1, 0.15) is 39.9 Å². The number of halogens is 1. The molecule has 0 saturated carbocycles. The Morgan fingerprint density at radius 3 is 2.67 bits per heavy atom. The van der Waals surface area contributed by atoms with Crippen LogP contribution >= 0.6 is 11.6 Å². The van der Waals surface area contributed by atoms with Gasteiger partial charge in [0, 0.05) is 22.3 Å². The zero-order valence-electron chi connectivity index (χ0n) is 22.0. The van der Waals surface area contributed by atoms with Crippen LogP contribution in [0.2, 0.25) is 5.02 Å². The van der Waals surface area contributed by atoms with Gasteiger partial charge in [0.1, 0.15) is 23.3 Å². The fourth-order valence-corrected chi connectivity index (χ4v) is 8.04. The number of fused-ring (bicyclic) bond motifs is 7. The van der Waals surface area contributed by atoms with Crippen molar-refractivity contribution in [3.05, 3.63) is 101 Å². The van der Waals surface area contributed by atoms with E-state index in [2.05, 4.69) is 22.1 Å². The van der Waals surface area contributed by atoms with Crippen LogP contribution in [0.4, 0.5) is 11.4 Å². The molecule has 2 spiro atoms. The Hall–Kier alpha value is -3.94. The molecule has 0 unspecified atom stereocenters. The van der Waals surface area contributed by atoms with Gasteiger partial charge in [0.25, 0.3) is 5.91 Å². The lowest BCUT2D eigenvalue weighted by atomic mass is 9.57. The maximum absolute atomic E-state index is 14.9. The first kappa shape index (κ1) is 25.1. The third kappa shape index (κ3) is 2.86. The second-order valence-corrected chi connectivity index (χ2v) is 11.3. The Morgan fingerprint density at radius 1 is 1.07 bits per heavy atom. The zero-order valence-corrected chi connectivity index (χ0v) is 22.8. The first-order chi connectivity index (χ1) is 19.4. The lowest BCUT2D eigenvalue weighted by Crippen LogP contribution is -2.62. The summed E-state index contributed by atoms with van der Waals surface area (Å²) < 4.78 is 5.90. The average Bonchev–Trinajstić information content (AvgIpc) is 3.68. The molecular formula is C32H28ClN3O4. The molecule has 40 heavy (non-hydrogen) atoms. The van der Waals surface area contributed by atoms with E-state index >= 15 is 0 Å². The molecule has 7 rings (SSSR count). The van der Waals surface area contributed by atoms with Crippen molar-refractivity contribution >= 4 is 40.6 Å². The van der Waals surface area contributed by atoms with E-state index in [1.54, 1.807) is 30.3 Å². The van der Waals surface area contributed by atoms with Crippen molar-refractivity contribution in [2.75, 3.05) is 23.8 Å². The van der Waals surface area contributed by atoms with E-state index in [4.69, 9.17) is 16.3 Å². The van der Waals surface area contributed by atoms with Gasteiger partial charge in [-0.05, 0) is 61.7 Å². The molecule has 2 saturated heterocycles. The van der Waals surface area contributed by atoms with Crippen molar-refractivity contribution in [1.29, 1.82) is 0 Å². The van der Waals surface area contributed by atoms with Crippen LogP contribution in [0.3, 0.4) is 0 Å². The van der Waals surface area contributed by atoms with Gasteiger partial charge in [0.05, 0.1) is 17.2 Å². The number of rotatable bonds is 5. The highest BCUT2D eigenvalue weighted by molar-refractivity contribution is 6.32. The highest BCUT2D eigenvalue weighted by Crippen LogP contribution is 2.68. The number of ketones is 1. The maximum Gasteiger partial charge on any atom is 0.251 e. The van der Waals surface area contributed by atoms with Crippen LogP contribution in [0.15, 0.2) is 73.3 Å². The van der Waals surface area contributed by atoms with Crippen LogP contribution in [0.25, 0.3) is 0 Å². The standard InChI is InChI=1S/C32H28ClN3O4/c1-3-17-40-25-13-7-4-9-19(25)28(37)26-24-12-8-16-36(24)32(21-14-15-22(33)18(2)27(21)35-30(32)39)31(26)20-10-5-6-11-23(20)34-29(31)38/h3-7,9-11,13-15,24,26H,1,8,12,16-17H2,2H3,(H,34,38)(H,35,39)/t24-,26+,31-,32-/m1/s1. The maximum atomic E-state index is 14.9.